The molecule has 2 rings (SSSR count). The highest BCUT2D eigenvalue weighted by molar-refractivity contribution is 5.93. The van der Waals surface area contributed by atoms with E-state index >= 15 is 0 Å². The molecule has 4 N–H and O–H groups in total. The Kier molecular flexibility index (Phi) is 5.95. The van der Waals surface area contributed by atoms with E-state index in [4.69, 9.17) is 10.8 Å². The molecule has 0 aliphatic carbocycles. The third kappa shape index (κ3) is 4.90. The second kappa shape index (κ2) is 7.74. The van der Waals surface area contributed by atoms with Gasteiger partial charge < -0.3 is 15.3 Å². The van der Waals surface area contributed by atoms with Gasteiger partial charge in [-0.25, -0.2) is 10.4 Å². The highest BCUT2D eigenvalue weighted by atomic mass is 16.3. The fourth-order valence-electron chi connectivity index (χ4n) is 2.75. The minimum Gasteiger partial charge on any atom is -0.399 e. The average Bonchev–Trinajstić information content (AvgIpc) is 2.51. The molecular formula is C16H28N5O2+. The zero-order valence-corrected chi connectivity index (χ0v) is 14.0. The number of hydrogen-bond donors (Lipinski definition) is 3. The van der Waals surface area contributed by atoms with Gasteiger partial charge in [0.15, 0.2) is 6.54 Å². The number of nitrogens with one attached hydrogen (secondary N) is 1. The lowest BCUT2D eigenvalue weighted by atomic mass is 10.2. The van der Waals surface area contributed by atoms with E-state index in [0.717, 1.165) is 30.7 Å². The molecule has 0 aromatic heterocycles. The lowest BCUT2D eigenvalue weighted by molar-refractivity contribution is -0.905. The van der Waals surface area contributed by atoms with Crippen LogP contribution < -0.4 is 16.2 Å². The Hall–Kier alpha value is -1.67. The topological polar surface area (TPSA) is 81.8 Å². The largest absolute Gasteiger partial charge is 0.399 e. The molecule has 1 amide bonds. The molecule has 0 bridgehead atoms. The van der Waals surface area contributed by atoms with Gasteiger partial charge in [0, 0.05) is 25.3 Å². The summed E-state index contributed by atoms with van der Waals surface area (Å²) >= 11 is 0. The number of quaternary nitrogens is 1. The number of nitrogens with zero attached hydrogens (tertiary/aromatic N) is 3. The molecule has 0 spiro atoms. The van der Waals surface area contributed by atoms with Gasteiger partial charge in [-0.3, -0.25) is 9.69 Å². The number of anilines is 2. The van der Waals surface area contributed by atoms with E-state index in [1.165, 1.54) is 5.01 Å². The Bertz CT molecular complexity index is 529. The van der Waals surface area contributed by atoms with E-state index in [2.05, 4.69) is 24.4 Å². The van der Waals surface area contributed by atoms with Crippen molar-refractivity contribution in [2.75, 3.05) is 70.7 Å². The van der Waals surface area contributed by atoms with Crippen LogP contribution >= 0.6 is 0 Å². The fraction of sp³-hybridized carbons (Fsp3) is 0.562. The van der Waals surface area contributed by atoms with Crippen molar-refractivity contribution in [2.45, 2.75) is 0 Å². The van der Waals surface area contributed by atoms with E-state index in [1.807, 2.05) is 12.1 Å². The maximum Gasteiger partial charge on any atom is 0.296 e. The highest BCUT2D eigenvalue weighted by Gasteiger charge is 2.32. The molecule has 7 heteroatoms. The summed E-state index contributed by atoms with van der Waals surface area (Å²) in [5, 5.41) is 10.6. The maximum atomic E-state index is 12.8. The van der Waals surface area contributed by atoms with Gasteiger partial charge in [-0.2, -0.15) is 0 Å². The number of likely N-dealkylation sites (N-methyl/N-ethyl adjacent to an activating group) is 2. The van der Waals surface area contributed by atoms with Crippen LogP contribution in [-0.2, 0) is 4.79 Å². The minimum absolute atomic E-state index is 0.0175. The van der Waals surface area contributed by atoms with Crippen LogP contribution in [-0.4, -0.2) is 80.4 Å². The molecule has 0 unspecified atom stereocenters. The summed E-state index contributed by atoms with van der Waals surface area (Å²) in [5.74, 6) is -0.0175. The van der Waals surface area contributed by atoms with Crippen molar-refractivity contribution in [2.24, 2.45) is 0 Å². The zero-order valence-electron chi connectivity index (χ0n) is 14.0. The first-order valence-electron chi connectivity index (χ1n) is 7.98. The summed E-state index contributed by atoms with van der Waals surface area (Å²) in [5.41, 5.74) is 10.1. The number of aliphatic hydroxyl groups is 1. The smallest absolute Gasteiger partial charge is 0.296 e. The first-order chi connectivity index (χ1) is 10.9. The van der Waals surface area contributed by atoms with Gasteiger partial charge >= 0.3 is 0 Å². The predicted molar refractivity (Wildman–Crippen MR) is 91.7 cm³/mol. The van der Waals surface area contributed by atoms with E-state index in [0.29, 0.717) is 24.5 Å². The summed E-state index contributed by atoms with van der Waals surface area (Å²) < 4.78 is 0.725. The number of carbonyl (C=O) groups is 1. The molecule has 1 aromatic carbocycles. The number of hydrazine groups is 1. The second-order valence-corrected chi connectivity index (χ2v) is 6.48. The Balaban J connectivity index is 2.10. The van der Waals surface area contributed by atoms with Gasteiger partial charge in [0.2, 0.25) is 0 Å². The van der Waals surface area contributed by atoms with Crippen LogP contribution in [0.3, 0.4) is 0 Å². The molecule has 0 atom stereocenters. The molecule has 1 aliphatic heterocycles. The van der Waals surface area contributed by atoms with E-state index < -0.39 is 0 Å². The monoisotopic (exact) mass is 322 g/mol. The van der Waals surface area contributed by atoms with Crippen LogP contribution in [0.25, 0.3) is 0 Å². The van der Waals surface area contributed by atoms with Crippen molar-refractivity contribution >= 4 is 17.3 Å². The van der Waals surface area contributed by atoms with Crippen LogP contribution in [0.1, 0.15) is 0 Å². The van der Waals surface area contributed by atoms with Crippen LogP contribution in [0.5, 0.6) is 0 Å². The van der Waals surface area contributed by atoms with Crippen molar-refractivity contribution in [1.29, 1.82) is 0 Å². The van der Waals surface area contributed by atoms with Crippen molar-refractivity contribution in [1.82, 2.24) is 10.3 Å². The Morgan fingerprint density at radius 2 is 2.13 bits per heavy atom. The third-order valence-corrected chi connectivity index (χ3v) is 4.32. The Morgan fingerprint density at radius 1 is 1.43 bits per heavy atom. The lowest BCUT2D eigenvalue weighted by Gasteiger charge is -2.41. The molecule has 1 fully saturated rings. The SMILES string of the molecule is CN1CC[N+](C)(CC(=O)N(NCCO)c2cccc(N)c2)CC1. The normalized spacial score (nSPS) is 17.9. The highest BCUT2D eigenvalue weighted by Crippen LogP contribution is 2.18. The number of hydrogen-bond acceptors (Lipinski definition) is 5. The van der Waals surface area contributed by atoms with E-state index in [-0.39, 0.29) is 12.5 Å². The minimum atomic E-state index is -0.0387. The molecular weight excluding hydrogens is 294 g/mol. The van der Waals surface area contributed by atoms with Gasteiger partial charge in [-0.15, -0.1) is 0 Å². The second-order valence-electron chi connectivity index (χ2n) is 6.48. The molecule has 23 heavy (non-hydrogen) atoms. The molecule has 0 radical (unpaired) electrons. The molecule has 1 aromatic rings. The number of carbonyl (C=O) groups excluding carboxylic acids is 1. The molecule has 1 heterocycles. The van der Waals surface area contributed by atoms with Gasteiger partial charge in [-0.1, -0.05) is 6.07 Å². The first-order valence-corrected chi connectivity index (χ1v) is 7.98. The number of benzene rings is 1. The number of nitrogens with two attached hydrogens (primary N) is 1. The number of aliphatic hydroxyl groups excluding tert-OH is 1. The number of nitrogen functional groups attached to an aromatic ring is 1. The Labute approximate surface area is 137 Å². The van der Waals surface area contributed by atoms with Gasteiger partial charge in [0.05, 0.1) is 32.4 Å². The van der Waals surface area contributed by atoms with Gasteiger partial charge in [0.25, 0.3) is 5.91 Å². The Morgan fingerprint density at radius 3 is 2.74 bits per heavy atom. The third-order valence-electron chi connectivity index (χ3n) is 4.32. The van der Waals surface area contributed by atoms with Crippen LogP contribution in [0, 0.1) is 0 Å². The summed E-state index contributed by atoms with van der Waals surface area (Å²) in [6.45, 7) is 4.58. The summed E-state index contributed by atoms with van der Waals surface area (Å²) in [6.07, 6.45) is 0. The van der Waals surface area contributed by atoms with Crippen molar-refractivity contribution in [3.8, 4) is 0 Å². The van der Waals surface area contributed by atoms with Crippen LogP contribution in [0.15, 0.2) is 24.3 Å². The summed E-state index contributed by atoms with van der Waals surface area (Å²) in [4.78, 5) is 15.1. The van der Waals surface area contributed by atoms with Gasteiger partial charge in [-0.05, 0) is 25.2 Å². The fourth-order valence-corrected chi connectivity index (χ4v) is 2.75. The standard InChI is InChI=1S/C16H28N5O2/c1-19-7-9-21(2,10-8-19)13-16(23)20(18-6-11-22)15-5-3-4-14(17)12-15/h3-5,12,18,22H,6-11,13,17H2,1-2H3/q+1. The number of piperazine rings is 1. The maximum absolute atomic E-state index is 12.8. The van der Waals surface area contributed by atoms with Crippen LogP contribution in [0.4, 0.5) is 11.4 Å². The number of amides is 1. The number of rotatable bonds is 6. The summed E-state index contributed by atoms with van der Waals surface area (Å²) in [6, 6.07) is 7.19. The molecule has 7 nitrogen and oxygen atoms in total. The average molecular weight is 322 g/mol. The first kappa shape index (κ1) is 17.7. The summed E-state index contributed by atoms with van der Waals surface area (Å²) in [7, 11) is 4.22. The molecule has 0 saturated carbocycles. The van der Waals surface area contributed by atoms with Crippen molar-refractivity contribution in [3.63, 3.8) is 0 Å². The van der Waals surface area contributed by atoms with E-state index in [9.17, 15) is 4.79 Å². The predicted octanol–water partition coefficient (Wildman–Crippen LogP) is -0.509. The van der Waals surface area contributed by atoms with Crippen LogP contribution in [0.2, 0.25) is 0 Å². The van der Waals surface area contributed by atoms with E-state index in [1.54, 1.807) is 12.1 Å². The molecule has 128 valence electrons. The quantitative estimate of drug-likeness (QED) is 0.373. The van der Waals surface area contributed by atoms with Crippen molar-refractivity contribution < 1.29 is 14.4 Å². The van der Waals surface area contributed by atoms with Gasteiger partial charge in [0.1, 0.15) is 0 Å². The molecule has 1 aliphatic rings. The zero-order chi connectivity index (χ0) is 16.9. The molecule has 1 saturated heterocycles. The van der Waals surface area contributed by atoms with Crippen molar-refractivity contribution in [3.05, 3.63) is 24.3 Å². The lowest BCUT2D eigenvalue weighted by Crippen LogP contribution is -2.61.